The number of fused-ring (bicyclic) bond motifs is 1. The fourth-order valence-corrected chi connectivity index (χ4v) is 3.32. The Hall–Kier alpha value is -1.71. The number of aryl methyl sites for hydroxylation is 1. The second-order valence-electron chi connectivity index (χ2n) is 5.81. The van der Waals surface area contributed by atoms with E-state index in [9.17, 15) is 4.79 Å². The second kappa shape index (κ2) is 5.35. The molecule has 0 saturated heterocycles. The van der Waals surface area contributed by atoms with Gasteiger partial charge in [0.2, 0.25) is 0 Å². The average Bonchev–Trinajstić information content (AvgIpc) is 2.73. The molecule has 1 fully saturated rings. The van der Waals surface area contributed by atoms with Gasteiger partial charge in [0.25, 0.3) is 0 Å². The lowest BCUT2D eigenvalue weighted by molar-refractivity contribution is 0.318. The summed E-state index contributed by atoms with van der Waals surface area (Å²) >= 11 is 0. The Balaban J connectivity index is 2.03. The monoisotopic (exact) mass is 274 g/mol. The van der Waals surface area contributed by atoms with E-state index in [4.69, 9.17) is 4.74 Å². The molecule has 0 spiro atoms. The van der Waals surface area contributed by atoms with Crippen molar-refractivity contribution in [3.8, 4) is 5.75 Å². The average molecular weight is 274 g/mol. The van der Waals surface area contributed by atoms with E-state index < -0.39 is 0 Å². The summed E-state index contributed by atoms with van der Waals surface area (Å²) in [7, 11) is 3.50. The molecule has 0 bridgehead atoms. The van der Waals surface area contributed by atoms with Crippen LogP contribution in [0.1, 0.15) is 32.1 Å². The van der Waals surface area contributed by atoms with E-state index in [1.807, 2.05) is 29.8 Å². The predicted molar refractivity (Wildman–Crippen MR) is 80.3 cm³/mol. The standard InChI is InChI=1S/C16H22N2O2/c1-17-14-9-8-13(20-2)10-15(14)18(16(17)19)11-12-6-4-3-5-7-12/h8-10,12H,3-7,11H2,1-2H3. The molecule has 1 aliphatic carbocycles. The first-order valence-electron chi connectivity index (χ1n) is 7.44. The van der Waals surface area contributed by atoms with Crippen LogP contribution in [0.4, 0.5) is 0 Å². The number of ether oxygens (including phenoxy) is 1. The van der Waals surface area contributed by atoms with Gasteiger partial charge in [-0.3, -0.25) is 9.13 Å². The van der Waals surface area contributed by atoms with Crippen molar-refractivity contribution in [2.45, 2.75) is 38.6 Å². The number of methoxy groups -OCH3 is 1. The van der Waals surface area contributed by atoms with Gasteiger partial charge in [-0.25, -0.2) is 4.79 Å². The summed E-state index contributed by atoms with van der Waals surface area (Å²) in [6.45, 7) is 0.837. The number of aromatic nitrogens is 2. The first-order valence-corrected chi connectivity index (χ1v) is 7.44. The highest BCUT2D eigenvalue weighted by Gasteiger charge is 2.18. The van der Waals surface area contributed by atoms with Gasteiger partial charge in [-0.1, -0.05) is 19.3 Å². The van der Waals surface area contributed by atoms with Gasteiger partial charge in [0, 0.05) is 19.7 Å². The summed E-state index contributed by atoms with van der Waals surface area (Å²) in [6.07, 6.45) is 6.43. The highest BCUT2D eigenvalue weighted by Crippen LogP contribution is 2.27. The maximum Gasteiger partial charge on any atom is 0.328 e. The zero-order chi connectivity index (χ0) is 14.1. The first-order chi connectivity index (χ1) is 9.70. The number of hydrogen-bond acceptors (Lipinski definition) is 2. The molecule has 1 aromatic carbocycles. The maximum absolute atomic E-state index is 12.4. The van der Waals surface area contributed by atoms with Crippen LogP contribution in [0.5, 0.6) is 5.75 Å². The molecule has 0 N–H and O–H groups in total. The molecular weight excluding hydrogens is 252 g/mol. The molecule has 4 nitrogen and oxygen atoms in total. The molecule has 1 aliphatic rings. The Morgan fingerprint density at radius 3 is 2.65 bits per heavy atom. The third kappa shape index (κ3) is 2.23. The molecule has 2 aromatic rings. The second-order valence-corrected chi connectivity index (χ2v) is 5.81. The summed E-state index contributed by atoms with van der Waals surface area (Å²) < 4.78 is 8.95. The van der Waals surface area contributed by atoms with E-state index in [1.54, 1.807) is 11.7 Å². The Labute approximate surface area is 119 Å². The summed E-state index contributed by atoms with van der Waals surface area (Å²) in [5.41, 5.74) is 2.05. The molecule has 0 amide bonds. The highest BCUT2D eigenvalue weighted by atomic mass is 16.5. The number of imidazole rings is 1. The Morgan fingerprint density at radius 2 is 1.95 bits per heavy atom. The van der Waals surface area contributed by atoms with Crippen molar-refractivity contribution in [1.29, 1.82) is 0 Å². The van der Waals surface area contributed by atoms with Crippen molar-refractivity contribution in [3.63, 3.8) is 0 Å². The minimum absolute atomic E-state index is 0.0822. The van der Waals surface area contributed by atoms with Crippen LogP contribution in [0.3, 0.4) is 0 Å². The first kappa shape index (κ1) is 13.3. The summed E-state index contributed by atoms with van der Waals surface area (Å²) in [4.78, 5) is 12.4. The molecule has 0 aliphatic heterocycles. The minimum Gasteiger partial charge on any atom is -0.497 e. The SMILES string of the molecule is COc1ccc2c(c1)n(CC1CCCCC1)c(=O)n2C. The van der Waals surface area contributed by atoms with Gasteiger partial charge in [-0.15, -0.1) is 0 Å². The Morgan fingerprint density at radius 1 is 1.20 bits per heavy atom. The zero-order valence-electron chi connectivity index (χ0n) is 12.3. The van der Waals surface area contributed by atoms with E-state index in [-0.39, 0.29) is 5.69 Å². The van der Waals surface area contributed by atoms with Crippen LogP contribution >= 0.6 is 0 Å². The number of hydrogen-bond donors (Lipinski definition) is 0. The molecular formula is C16H22N2O2. The third-order valence-electron chi connectivity index (χ3n) is 4.52. The summed E-state index contributed by atoms with van der Waals surface area (Å²) in [5, 5.41) is 0. The number of rotatable bonds is 3. The minimum atomic E-state index is 0.0822. The summed E-state index contributed by atoms with van der Waals surface area (Å²) in [6, 6.07) is 5.85. The van der Waals surface area contributed by atoms with Crippen molar-refractivity contribution in [2.24, 2.45) is 13.0 Å². The highest BCUT2D eigenvalue weighted by molar-refractivity contribution is 5.77. The quantitative estimate of drug-likeness (QED) is 0.862. The molecule has 1 aromatic heterocycles. The molecule has 3 rings (SSSR count). The van der Waals surface area contributed by atoms with Gasteiger partial charge in [-0.05, 0) is 30.9 Å². The van der Waals surface area contributed by atoms with Crippen LogP contribution in [0.15, 0.2) is 23.0 Å². The molecule has 108 valence electrons. The largest absolute Gasteiger partial charge is 0.497 e. The molecule has 4 heteroatoms. The van der Waals surface area contributed by atoms with E-state index >= 15 is 0 Å². The molecule has 20 heavy (non-hydrogen) atoms. The van der Waals surface area contributed by atoms with Gasteiger partial charge >= 0.3 is 5.69 Å². The van der Waals surface area contributed by atoms with Crippen molar-refractivity contribution < 1.29 is 4.74 Å². The van der Waals surface area contributed by atoms with Gasteiger partial charge in [0.05, 0.1) is 18.1 Å². The van der Waals surface area contributed by atoms with Crippen LogP contribution in [0, 0.1) is 5.92 Å². The van der Waals surface area contributed by atoms with Crippen LogP contribution in [0.25, 0.3) is 11.0 Å². The van der Waals surface area contributed by atoms with Crippen LogP contribution in [-0.4, -0.2) is 16.2 Å². The van der Waals surface area contributed by atoms with E-state index in [2.05, 4.69) is 0 Å². The fraction of sp³-hybridized carbons (Fsp3) is 0.562. The lowest BCUT2D eigenvalue weighted by Crippen LogP contribution is -2.26. The lowest BCUT2D eigenvalue weighted by Gasteiger charge is -2.21. The lowest BCUT2D eigenvalue weighted by atomic mass is 9.89. The van der Waals surface area contributed by atoms with Crippen LogP contribution in [0.2, 0.25) is 0 Å². The van der Waals surface area contributed by atoms with Gasteiger partial charge in [0.15, 0.2) is 0 Å². The normalized spacial score (nSPS) is 16.7. The topological polar surface area (TPSA) is 36.2 Å². The van der Waals surface area contributed by atoms with Gasteiger partial charge in [0.1, 0.15) is 5.75 Å². The van der Waals surface area contributed by atoms with Crippen molar-refractivity contribution in [3.05, 3.63) is 28.7 Å². The Bertz CT molecular complexity index is 663. The molecule has 1 saturated carbocycles. The fourth-order valence-electron chi connectivity index (χ4n) is 3.32. The number of benzene rings is 1. The smallest absolute Gasteiger partial charge is 0.328 e. The zero-order valence-corrected chi connectivity index (χ0v) is 12.3. The van der Waals surface area contributed by atoms with Crippen molar-refractivity contribution in [2.75, 3.05) is 7.11 Å². The number of nitrogens with zero attached hydrogens (tertiary/aromatic N) is 2. The summed E-state index contributed by atoms with van der Waals surface area (Å²) in [5.74, 6) is 1.44. The Kier molecular flexibility index (Phi) is 3.55. The van der Waals surface area contributed by atoms with Crippen LogP contribution < -0.4 is 10.4 Å². The van der Waals surface area contributed by atoms with E-state index in [0.29, 0.717) is 5.92 Å². The van der Waals surface area contributed by atoms with E-state index in [1.165, 1.54) is 32.1 Å². The van der Waals surface area contributed by atoms with Gasteiger partial charge < -0.3 is 4.74 Å². The van der Waals surface area contributed by atoms with Crippen molar-refractivity contribution >= 4 is 11.0 Å². The molecule has 0 unspecified atom stereocenters. The van der Waals surface area contributed by atoms with Crippen LogP contribution in [-0.2, 0) is 13.6 Å². The van der Waals surface area contributed by atoms with Crippen molar-refractivity contribution in [1.82, 2.24) is 9.13 Å². The predicted octanol–water partition coefficient (Wildman–Crippen LogP) is 2.93. The van der Waals surface area contributed by atoms with E-state index in [0.717, 1.165) is 23.3 Å². The third-order valence-corrected chi connectivity index (χ3v) is 4.52. The maximum atomic E-state index is 12.4. The molecule has 1 heterocycles. The molecule has 0 radical (unpaired) electrons. The van der Waals surface area contributed by atoms with Gasteiger partial charge in [-0.2, -0.15) is 0 Å². The molecule has 0 atom stereocenters.